The lowest BCUT2D eigenvalue weighted by molar-refractivity contribution is -0.275. The summed E-state index contributed by atoms with van der Waals surface area (Å²) in [4.78, 5) is 4.15. The predicted molar refractivity (Wildman–Crippen MR) is 239 cm³/mol. The van der Waals surface area contributed by atoms with Gasteiger partial charge in [0, 0.05) is 49.4 Å². The third-order valence-electron chi connectivity index (χ3n) is 11.8. The van der Waals surface area contributed by atoms with Gasteiger partial charge in [-0.05, 0) is 94.4 Å². The average molecular weight is 847 g/mol. The van der Waals surface area contributed by atoms with Crippen molar-refractivity contribution in [2.75, 3.05) is 9.80 Å². The Morgan fingerprint density at radius 2 is 0.810 bits per heavy atom. The zero-order valence-electron chi connectivity index (χ0n) is 33.8. The van der Waals surface area contributed by atoms with Gasteiger partial charge in [0.25, 0.3) is 0 Å². The van der Waals surface area contributed by atoms with Crippen LogP contribution in [0, 0.1) is 0 Å². The normalized spacial score (nSPS) is 13.2. The van der Waals surface area contributed by atoms with Gasteiger partial charge in [0.05, 0.1) is 17.1 Å². The fourth-order valence-corrected chi connectivity index (χ4v) is 9.19. The van der Waals surface area contributed by atoms with Gasteiger partial charge in [-0.3, -0.25) is 0 Å². The molecular weight excluding hydrogens is 811 g/mol. The highest BCUT2D eigenvalue weighted by molar-refractivity contribution is 6.12. The molecule has 0 aromatic heterocycles. The van der Waals surface area contributed by atoms with Gasteiger partial charge in [0.1, 0.15) is 11.5 Å². The van der Waals surface area contributed by atoms with Crippen molar-refractivity contribution < 1.29 is 35.8 Å². The molecule has 312 valence electrons. The van der Waals surface area contributed by atoms with E-state index in [0.29, 0.717) is 32.9 Å². The van der Waals surface area contributed by atoms with Gasteiger partial charge in [-0.15, -0.1) is 26.3 Å². The van der Waals surface area contributed by atoms with Gasteiger partial charge < -0.3 is 19.3 Å². The number of hydrogen-bond acceptors (Lipinski definition) is 4. The molecule has 0 saturated heterocycles. The minimum absolute atomic E-state index is 0.286. The summed E-state index contributed by atoms with van der Waals surface area (Å²) in [6.07, 6.45) is -9.74. The van der Waals surface area contributed by atoms with Crippen LogP contribution in [-0.2, 0) is 5.41 Å². The van der Waals surface area contributed by atoms with Crippen LogP contribution in [0.3, 0.4) is 0 Å². The van der Waals surface area contributed by atoms with Crippen molar-refractivity contribution in [2.24, 2.45) is 0 Å². The monoisotopic (exact) mass is 846 g/mol. The van der Waals surface area contributed by atoms with Crippen LogP contribution < -0.4 is 19.3 Å². The van der Waals surface area contributed by atoms with Crippen LogP contribution in [-0.4, -0.2) is 12.7 Å². The molecule has 0 amide bonds. The summed E-state index contributed by atoms with van der Waals surface area (Å²) < 4.78 is 90.6. The third-order valence-corrected chi connectivity index (χ3v) is 11.8. The maximum absolute atomic E-state index is 13.6. The summed E-state index contributed by atoms with van der Waals surface area (Å²) in [5, 5.41) is 3.72. The van der Waals surface area contributed by atoms with Gasteiger partial charge >= 0.3 is 12.7 Å². The van der Waals surface area contributed by atoms with Gasteiger partial charge in [-0.1, -0.05) is 129 Å². The van der Waals surface area contributed by atoms with E-state index in [1.54, 1.807) is 60.7 Å². The van der Waals surface area contributed by atoms with Crippen molar-refractivity contribution in [3.05, 3.63) is 193 Å². The number of rotatable bonds is 8. The van der Waals surface area contributed by atoms with Gasteiger partial charge in [0.15, 0.2) is 0 Å². The summed E-state index contributed by atoms with van der Waals surface area (Å²) >= 11 is 0. The number of hydrogen-bond donors (Lipinski definition) is 0. The molecule has 4 nitrogen and oxygen atoms in total. The van der Waals surface area contributed by atoms with Crippen LogP contribution in [0.4, 0.5) is 60.5 Å². The number of para-hydroxylation sites is 2. The van der Waals surface area contributed by atoms with Crippen molar-refractivity contribution in [1.82, 2.24) is 0 Å². The fraction of sp³-hybridized carbons (Fsp3) is 0.0943. The molecule has 0 heterocycles. The van der Waals surface area contributed by atoms with Crippen LogP contribution in [0.1, 0.15) is 25.0 Å². The summed E-state index contributed by atoms with van der Waals surface area (Å²) in [6.45, 7) is 4.36. The average Bonchev–Trinajstić information content (AvgIpc) is 3.50. The lowest BCUT2D eigenvalue weighted by Crippen LogP contribution is -2.19. The topological polar surface area (TPSA) is 24.9 Å². The van der Waals surface area contributed by atoms with E-state index in [4.69, 9.17) is 0 Å². The quantitative estimate of drug-likeness (QED) is 0.142. The highest BCUT2D eigenvalue weighted by atomic mass is 19.4. The SMILES string of the molecule is CC1(C)c2cc(N(c3ccccc3)c3ccc(OC(F)(F)F)c4ccccc34)ccc2-c2c1cc(N(c1ccccc1)c1ccc(OC(F)(F)F)c3ccccc13)c1ccccc21. The van der Waals surface area contributed by atoms with Crippen LogP contribution in [0.5, 0.6) is 11.5 Å². The molecule has 63 heavy (non-hydrogen) atoms. The maximum Gasteiger partial charge on any atom is 0.573 e. The first-order chi connectivity index (χ1) is 30.3. The van der Waals surface area contributed by atoms with E-state index in [9.17, 15) is 26.3 Å². The Kier molecular flexibility index (Phi) is 9.36. The molecule has 0 spiro atoms. The van der Waals surface area contributed by atoms with Crippen molar-refractivity contribution in [1.29, 1.82) is 0 Å². The molecule has 0 saturated carbocycles. The molecule has 0 fully saturated rings. The first-order valence-corrected chi connectivity index (χ1v) is 20.2. The summed E-state index contributed by atoms with van der Waals surface area (Å²) in [6, 6.07) is 56.0. The standard InChI is InChI=1S/C53H36F6N2O2/c1-51(2)43-31-35(60(33-15-5-3-6-16-33)45-27-29-48(62-52(54,55)56)39-22-12-9-19-36(39)45)25-26-42(43)50-41-24-14-11-21-38(41)47(32-44(50)51)61(34-17-7-4-8-18-34)46-28-30-49(63-53(57,58)59)40-23-13-10-20-37(40)46/h3-32H,1-2H3. The molecule has 9 aromatic rings. The molecule has 0 atom stereocenters. The van der Waals surface area contributed by atoms with E-state index in [1.165, 1.54) is 12.1 Å². The van der Waals surface area contributed by atoms with Crippen molar-refractivity contribution in [3.8, 4) is 22.6 Å². The molecule has 1 aliphatic rings. The zero-order valence-corrected chi connectivity index (χ0v) is 33.8. The minimum atomic E-state index is -4.87. The molecule has 0 unspecified atom stereocenters. The van der Waals surface area contributed by atoms with Crippen LogP contribution in [0.25, 0.3) is 43.4 Å². The smallest absolute Gasteiger partial charge is 0.405 e. The van der Waals surface area contributed by atoms with E-state index in [0.717, 1.165) is 55.8 Å². The molecule has 10 heteroatoms. The van der Waals surface area contributed by atoms with Gasteiger partial charge in [0.2, 0.25) is 0 Å². The number of anilines is 6. The molecule has 0 N–H and O–H groups in total. The zero-order chi connectivity index (χ0) is 43.7. The predicted octanol–water partition coefficient (Wildman–Crippen LogP) is 16.2. The van der Waals surface area contributed by atoms with Crippen molar-refractivity contribution in [3.63, 3.8) is 0 Å². The summed E-state index contributed by atoms with van der Waals surface area (Å²) in [7, 11) is 0. The molecule has 10 rings (SSSR count). The second-order valence-corrected chi connectivity index (χ2v) is 15.9. The molecule has 9 aromatic carbocycles. The number of benzene rings is 9. The second-order valence-electron chi connectivity index (χ2n) is 15.9. The molecule has 0 radical (unpaired) electrons. The summed E-state index contributed by atoms with van der Waals surface area (Å²) in [5.41, 5.74) is 8.23. The highest BCUT2D eigenvalue weighted by Crippen LogP contribution is 2.56. The Labute approximate surface area is 358 Å². The Bertz CT molecular complexity index is 3200. The molecule has 0 aliphatic heterocycles. The van der Waals surface area contributed by atoms with Gasteiger partial charge in [-0.25, -0.2) is 0 Å². The first kappa shape index (κ1) is 39.7. The Morgan fingerprint density at radius 3 is 1.32 bits per heavy atom. The number of fused-ring (bicyclic) bond motifs is 7. The van der Waals surface area contributed by atoms with Crippen LogP contribution in [0.15, 0.2) is 182 Å². The van der Waals surface area contributed by atoms with E-state index in [2.05, 4.69) is 63.5 Å². The lowest BCUT2D eigenvalue weighted by atomic mass is 9.81. The van der Waals surface area contributed by atoms with Crippen molar-refractivity contribution >= 4 is 66.4 Å². The molecular formula is C53H36F6N2O2. The Hall–Kier alpha value is -7.46. The van der Waals surface area contributed by atoms with E-state index < -0.39 is 18.1 Å². The number of ether oxygens (including phenoxy) is 2. The highest BCUT2D eigenvalue weighted by Gasteiger charge is 2.39. The fourth-order valence-electron chi connectivity index (χ4n) is 9.19. The molecule has 0 bridgehead atoms. The Morgan fingerprint density at radius 1 is 0.381 bits per heavy atom. The van der Waals surface area contributed by atoms with E-state index in [-0.39, 0.29) is 11.5 Å². The van der Waals surface area contributed by atoms with Crippen molar-refractivity contribution in [2.45, 2.75) is 32.0 Å². The largest absolute Gasteiger partial charge is 0.573 e. The van der Waals surface area contributed by atoms with Crippen LogP contribution >= 0.6 is 0 Å². The van der Waals surface area contributed by atoms with Gasteiger partial charge in [-0.2, -0.15) is 0 Å². The van der Waals surface area contributed by atoms with Crippen LogP contribution in [0.2, 0.25) is 0 Å². The summed E-state index contributed by atoms with van der Waals surface area (Å²) in [5.74, 6) is -0.574. The lowest BCUT2D eigenvalue weighted by Gasteiger charge is -2.31. The number of halogens is 6. The minimum Gasteiger partial charge on any atom is -0.405 e. The third kappa shape index (κ3) is 7.01. The number of alkyl halides is 6. The van der Waals surface area contributed by atoms with E-state index >= 15 is 0 Å². The number of nitrogens with zero attached hydrogens (tertiary/aromatic N) is 2. The second kappa shape index (κ2) is 14.9. The van der Waals surface area contributed by atoms with E-state index in [1.807, 2.05) is 78.9 Å². The molecule has 1 aliphatic carbocycles. The first-order valence-electron chi connectivity index (χ1n) is 20.2. The maximum atomic E-state index is 13.6. The Balaban J connectivity index is 1.17.